The van der Waals surface area contributed by atoms with E-state index >= 15 is 0 Å². The summed E-state index contributed by atoms with van der Waals surface area (Å²) in [6.07, 6.45) is 0.759. The lowest BCUT2D eigenvalue weighted by atomic mass is 9.91. The smallest absolute Gasteiger partial charge is 0.339 e. The first-order chi connectivity index (χ1) is 14.2. The fourth-order valence-corrected chi connectivity index (χ4v) is 3.53. The predicted molar refractivity (Wildman–Crippen MR) is 120 cm³/mol. The van der Waals surface area contributed by atoms with E-state index in [1.165, 1.54) is 11.8 Å². The number of amides is 1. The van der Waals surface area contributed by atoms with E-state index in [9.17, 15) is 14.4 Å². The standard InChI is InChI=1S/C24H29NO4S/c1-17(22(27)25-15-14-18-10-6-5-7-11-18)30-20-13-9-8-12-19(20)23(28)29-16-21(26)24(2,3)4/h5-13,17H,14-16H2,1-4H3,(H,25,27)/t17-/m0/s1. The van der Waals surface area contributed by atoms with Crippen molar-refractivity contribution in [2.24, 2.45) is 5.41 Å². The van der Waals surface area contributed by atoms with Gasteiger partial charge in [0.15, 0.2) is 12.4 Å². The van der Waals surface area contributed by atoms with Crippen molar-refractivity contribution < 1.29 is 19.1 Å². The van der Waals surface area contributed by atoms with Gasteiger partial charge in [0.2, 0.25) is 5.91 Å². The van der Waals surface area contributed by atoms with Crippen LogP contribution in [0.15, 0.2) is 59.5 Å². The van der Waals surface area contributed by atoms with Crippen LogP contribution >= 0.6 is 11.8 Å². The average Bonchev–Trinajstić information content (AvgIpc) is 2.72. The monoisotopic (exact) mass is 427 g/mol. The Kier molecular flexibility index (Phi) is 8.66. The van der Waals surface area contributed by atoms with Gasteiger partial charge in [0.05, 0.1) is 10.8 Å². The first kappa shape index (κ1) is 23.7. The number of esters is 1. The Morgan fingerprint density at radius 2 is 1.63 bits per heavy atom. The maximum Gasteiger partial charge on any atom is 0.339 e. The molecule has 0 radical (unpaired) electrons. The lowest BCUT2D eigenvalue weighted by Crippen LogP contribution is -2.32. The topological polar surface area (TPSA) is 72.5 Å². The van der Waals surface area contributed by atoms with E-state index in [2.05, 4.69) is 5.32 Å². The van der Waals surface area contributed by atoms with Crippen molar-refractivity contribution >= 4 is 29.4 Å². The van der Waals surface area contributed by atoms with E-state index in [1.54, 1.807) is 52.0 Å². The summed E-state index contributed by atoms with van der Waals surface area (Å²) in [5.41, 5.74) is 0.949. The first-order valence-electron chi connectivity index (χ1n) is 9.96. The third kappa shape index (κ3) is 7.34. The summed E-state index contributed by atoms with van der Waals surface area (Å²) in [5, 5.41) is 2.55. The van der Waals surface area contributed by atoms with E-state index in [4.69, 9.17) is 4.74 Å². The highest BCUT2D eigenvalue weighted by atomic mass is 32.2. The normalized spacial score (nSPS) is 12.1. The Balaban J connectivity index is 1.91. The lowest BCUT2D eigenvalue weighted by Gasteiger charge is -2.17. The zero-order valence-electron chi connectivity index (χ0n) is 17.9. The zero-order chi connectivity index (χ0) is 22.1. The summed E-state index contributed by atoms with van der Waals surface area (Å²) in [6, 6.07) is 16.9. The molecule has 1 atom stereocenters. The molecule has 0 spiro atoms. The van der Waals surface area contributed by atoms with Gasteiger partial charge in [0, 0.05) is 16.9 Å². The Bertz CT molecular complexity index is 874. The quantitative estimate of drug-likeness (QED) is 0.477. The molecule has 0 bridgehead atoms. The number of carbonyl (C=O) groups excluding carboxylic acids is 3. The molecule has 30 heavy (non-hydrogen) atoms. The highest BCUT2D eigenvalue weighted by molar-refractivity contribution is 8.00. The molecule has 160 valence electrons. The van der Waals surface area contributed by atoms with Crippen LogP contribution in [0.25, 0.3) is 0 Å². The lowest BCUT2D eigenvalue weighted by molar-refractivity contribution is -0.129. The van der Waals surface area contributed by atoms with E-state index in [0.29, 0.717) is 17.0 Å². The number of Topliss-reactive ketones (excluding diaryl/α,β-unsaturated/α-hetero) is 1. The largest absolute Gasteiger partial charge is 0.454 e. The maximum absolute atomic E-state index is 12.5. The minimum Gasteiger partial charge on any atom is -0.454 e. The molecular weight excluding hydrogens is 398 g/mol. The van der Waals surface area contributed by atoms with E-state index in [0.717, 1.165) is 12.0 Å². The second kappa shape index (κ2) is 11.0. The van der Waals surface area contributed by atoms with Gasteiger partial charge in [-0.25, -0.2) is 4.79 Å². The number of benzene rings is 2. The van der Waals surface area contributed by atoms with E-state index < -0.39 is 11.4 Å². The molecule has 0 saturated heterocycles. The van der Waals surface area contributed by atoms with Crippen LogP contribution in [0.1, 0.15) is 43.6 Å². The third-order valence-corrected chi connectivity index (χ3v) is 5.68. The highest BCUT2D eigenvalue weighted by Crippen LogP contribution is 2.27. The van der Waals surface area contributed by atoms with Gasteiger partial charge in [-0.15, -0.1) is 11.8 Å². The number of ether oxygens (including phenoxy) is 1. The molecular formula is C24H29NO4S. The van der Waals surface area contributed by atoms with Crippen LogP contribution in [-0.4, -0.2) is 36.1 Å². The van der Waals surface area contributed by atoms with Gasteiger partial charge < -0.3 is 10.1 Å². The maximum atomic E-state index is 12.5. The number of nitrogens with one attached hydrogen (secondary N) is 1. The van der Waals surface area contributed by atoms with Gasteiger partial charge in [-0.2, -0.15) is 0 Å². The number of carbonyl (C=O) groups is 3. The number of ketones is 1. The molecule has 0 aliphatic rings. The first-order valence-corrected chi connectivity index (χ1v) is 10.8. The number of thioether (sulfide) groups is 1. The van der Waals surface area contributed by atoms with Gasteiger partial charge in [-0.05, 0) is 31.0 Å². The second-order valence-electron chi connectivity index (χ2n) is 8.03. The Hall–Kier alpha value is -2.60. The minimum atomic E-state index is -0.569. The SMILES string of the molecule is C[C@H](Sc1ccccc1C(=O)OCC(=O)C(C)(C)C)C(=O)NCCc1ccccc1. The van der Waals surface area contributed by atoms with Gasteiger partial charge in [-0.1, -0.05) is 63.2 Å². The molecule has 0 aliphatic carbocycles. The van der Waals surface area contributed by atoms with Gasteiger partial charge in [0.1, 0.15) is 0 Å². The molecule has 5 nitrogen and oxygen atoms in total. The van der Waals surface area contributed by atoms with Gasteiger partial charge >= 0.3 is 5.97 Å². The molecule has 0 fully saturated rings. The molecule has 2 aromatic rings. The fourth-order valence-electron chi connectivity index (χ4n) is 2.53. The molecule has 2 rings (SSSR count). The molecule has 6 heteroatoms. The summed E-state index contributed by atoms with van der Waals surface area (Å²) < 4.78 is 5.21. The second-order valence-corrected chi connectivity index (χ2v) is 9.41. The fraction of sp³-hybridized carbons (Fsp3) is 0.375. The van der Waals surface area contributed by atoms with Crippen LogP contribution in [0.3, 0.4) is 0 Å². The molecule has 1 N–H and O–H groups in total. The van der Waals surface area contributed by atoms with Crippen molar-refractivity contribution in [3.63, 3.8) is 0 Å². The van der Waals surface area contributed by atoms with Crippen molar-refractivity contribution in [2.45, 2.75) is 44.3 Å². The van der Waals surface area contributed by atoms with Crippen LogP contribution in [0.2, 0.25) is 0 Å². The van der Waals surface area contributed by atoms with Crippen molar-refractivity contribution in [3.05, 3.63) is 65.7 Å². The van der Waals surface area contributed by atoms with Gasteiger partial charge in [-0.3, -0.25) is 9.59 Å². The summed E-state index contributed by atoms with van der Waals surface area (Å²) in [4.78, 5) is 37.6. The van der Waals surface area contributed by atoms with Crippen LogP contribution in [0.4, 0.5) is 0 Å². The van der Waals surface area contributed by atoms with Crippen molar-refractivity contribution in [1.82, 2.24) is 5.32 Å². The number of hydrogen-bond acceptors (Lipinski definition) is 5. The van der Waals surface area contributed by atoms with Gasteiger partial charge in [0.25, 0.3) is 0 Å². The third-order valence-electron chi connectivity index (χ3n) is 4.51. The van der Waals surface area contributed by atoms with Crippen LogP contribution in [0, 0.1) is 5.41 Å². The van der Waals surface area contributed by atoms with Crippen molar-refractivity contribution in [2.75, 3.05) is 13.2 Å². The summed E-state index contributed by atoms with van der Waals surface area (Å²) in [5.74, 6) is -0.804. The van der Waals surface area contributed by atoms with Crippen molar-refractivity contribution in [1.29, 1.82) is 0 Å². The molecule has 2 aromatic carbocycles. The van der Waals surface area contributed by atoms with E-state index in [1.807, 2.05) is 30.3 Å². The van der Waals surface area contributed by atoms with Crippen LogP contribution in [0.5, 0.6) is 0 Å². The Morgan fingerprint density at radius 1 is 1.00 bits per heavy atom. The predicted octanol–water partition coefficient (Wildman–Crippen LogP) is 4.30. The summed E-state index contributed by atoms with van der Waals surface area (Å²) in [6.45, 7) is 7.43. The highest BCUT2D eigenvalue weighted by Gasteiger charge is 2.24. The Morgan fingerprint density at radius 3 is 2.30 bits per heavy atom. The Labute approximate surface area is 182 Å². The van der Waals surface area contributed by atoms with E-state index in [-0.39, 0.29) is 23.5 Å². The van der Waals surface area contributed by atoms with Crippen LogP contribution in [-0.2, 0) is 20.7 Å². The van der Waals surface area contributed by atoms with Crippen molar-refractivity contribution in [3.8, 4) is 0 Å². The zero-order valence-corrected chi connectivity index (χ0v) is 18.8. The minimum absolute atomic E-state index is 0.0954. The number of hydrogen-bond donors (Lipinski definition) is 1. The number of rotatable bonds is 9. The molecule has 1 amide bonds. The average molecular weight is 428 g/mol. The molecule has 0 aromatic heterocycles. The molecule has 0 aliphatic heterocycles. The molecule has 0 saturated carbocycles. The van der Waals surface area contributed by atoms with Crippen LogP contribution < -0.4 is 5.32 Å². The molecule has 0 unspecified atom stereocenters. The summed E-state index contributed by atoms with van der Waals surface area (Å²) in [7, 11) is 0. The summed E-state index contributed by atoms with van der Waals surface area (Å²) >= 11 is 1.29. The molecule has 0 heterocycles.